The number of benzene rings is 3. The molecular formula is C29H26FN3O3S. The highest BCUT2D eigenvalue weighted by Crippen LogP contribution is 2.37. The lowest BCUT2D eigenvalue weighted by atomic mass is 9.88. The molecule has 0 saturated carbocycles. The maximum Gasteiger partial charge on any atom is 0.275 e. The number of thiazole rings is 1. The second-order valence-electron chi connectivity index (χ2n) is 9.02. The van der Waals surface area contributed by atoms with Crippen LogP contribution in [0.1, 0.15) is 50.7 Å². The fourth-order valence-corrected chi connectivity index (χ4v) is 5.20. The van der Waals surface area contributed by atoms with Crippen LogP contribution in [-0.2, 0) is 17.8 Å². The molecule has 1 N–H and O–H groups in total. The Labute approximate surface area is 218 Å². The normalized spacial score (nSPS) is 14.7. The number of nitrogens with one attached hydrogen (secondary N) is 1. The third kappa shape index (κ3) is 5.54. The van der Waals surface area contributed by atoms with E-state index < -0.39 is 6.04 Å². The summed E-state index contributed by atoms with van der Waals surface area (Å²) in [6.45, 7) is 4.28. The van der Waals surface area contributed by atoms with Gasteiger partial charge in [-0.05, 0) is 66.4 Å². The number of nitrogens with zero attached hydrogens (tertiary/aromatic N) is 2. The Morgan fingerprint density at radius 1 is 1.14 bits per heavy atom. The van der Waals surface area contributed by atoms with Crippen LogP contribution in [-0.4, -0.2) is 28.2 Å². The van der Waals surface area contributed by atoms with Crippen LogP contribution in [0.3, 0.4) is 0 Å². The molecule has 188 valence electrons. The van der Waals surface area contributed by atoms with E-state index in [0.717, 1.165) is 22.3 Å². The van der Waals surface area contributed by atoms with Gasteiger partial charge in [-0.15, -0.1) is 11.3 Å². The van der Waals surface area contributed by atoms with Crippen LogP contribution >= 0.6 is 11.3 Å². The predicted octanol–water partition coefficient (Wildman–Crippen LogP) is 5.92. The van der Waals surface area contributed by atoms with Gasteiger partial charge in [0.15, 0.2) is 0 Å². The van der Waals surface area contributed by atoms with Crippen molar-refractivity contribution in [2.45, 2.75) is 32.9 Å². The largest absolute Gasteiger partial charge is 0.486 e. The van der Waals surface area contributed by atoms with Crippen molar-refractivity contribution < 1.29 is 18.7 Å². The summed E-state index contributed by atoms with van der Waals surface area (Å²) in [6, 6.07) is 19.4. The molecule has 1 aliphatic heterocycles. The quantitative estimate of drug-likeness (QED) is 0.346. The number of ether oxygens (including phenoxy) is 1. The Morgan fingerprint density at radius 3 is 2.70 bits per heavy atom. The molecule has 0 spiro atoms. The number of amides is 2. The van der Waals surface area contributed by atoms with E-state index >= 15 is 0 Å². The molecule has 37 heavy (non-hydrogen) atoms. The Hall–Kier alpha value is -4.04. The van der Waals surface area contributed by atoms with Gasteiger partial charge in [0, 0.05) is 24.5 Å². The van der Waals surface area contributed by atoms with Crippen molar-refractivity contribution in [3.05, 3.63) is 111 Å². The van der Waals surface area contributed by atoms with Crippen LogP contribution in [0.15, 0.2) is 72.1 Å². The van der Waals surface area contributed by atoms with E-state index in [-0.39, 0.29) is 24.2 Å². The maximum absolute atomic E-state index is 14.0. The van der Waals surface area contributed by atoms with Crippen molar-refractivity contribution in [2.24, 2.45) is 0 Å². The Bertz CT molecular complexity index is 1450. The number of carbonyl (C=O) groups is 2. The molecule has 6 nitrogen and oxygen atoms in total. The Kier molecular flexibility index (Phi) is 7.01. The van der Waals surface area contributed by atoms with Gasteiger partial charge in [0.2, 0.25) is 5.91 Å². The zero-order valence-corrected chi connectivity index (χ0v) is 21.3. The van der Waals surface area contributed by atoms with Gasteiger partial charge in [-0.2, -0.15) is 0 Å². The van der Waals surface area contributed by atoms with Crippen molar-refractivity contribution in [2.75, 3.05) is 11.9 Å². The van der Waals surface area contributed by atoms with Crippen LogP contribution in [0, 0.1) is 12.7 Å². The highest BCUT2D eigenvalue weighted by atomic mass is 32.1. The monoisotopic (exact) mass is 515 g/mol. The minimum atomic E-state index is -0.391. The Balaban J connectivity index is 1.32. The van der Waals surface area contributed by atoms with E-state index in [2.05, 4.69) is 10.3 Å². The van der Waals surface area contributed by atoms with E-state index in [1.165, 1.54) is 30.4 Å². The van der Waals surface area contributed by atoms with E-state index in [4.69, 9.17) is 4.74 Å². The zero-order chi connectivity index (χ0) is 25.9. The predicted molar refractivity (Wildman–Crippen MR) is 141 cm³/mol. The molecule has 2 heterocycles. The van der Waals surface area contributed by atoms with Crippen molar-refractivity contribution in [3.8, 4) is 5.75 Å². The number of aromatic nitrogens is 1. The van der Waals surface area contributed by atoms with Crippen molar-refractivity contribution >= 4 is 28.8 Å². The average Bonchev–Trinajstić information content (AvgIpc) is 3.37. The molecule has 1 aliphatic rings. The molecule has 5 rings (SSSR count). The van der Waals surface area contributed by atoms with Crippen LogP contribution in [0.5, 0.6) is 5.75 Å². The number of hydrogen-bond acceptors (Lipinski definition) is 5. The molecule has 0 aliphatic carbocycles. The van der Waals surface area contributed by atoms with Gasteiger partial charge in [0.05, 0.1) is 6.04 Å². The molecule has 3 aromatic carbocycles. The molecule has 1 aromatic heterocycles. The summed E-state index contributed by atoms with van der Waals surface area (Å²) >= 11 is 1.35. The van der Waals surface area contributed by atoms with Crippen LogP contribution in [0.2, 0.25) is 0 Å². The lowest BCUT2D eigenvalue weighted by Crippen LogP contribution is -2.39. The summed E-state index contributed by atoms with van der Waals surface area (Å²) < 4.78 is 20.1. The summed E-state index contributed by atoms with van der Waals surface area (Å²) in [5, 5.41) is 5.22. The van der Waals surface area contributed by atoms with Gasteiger partial charge in [0.1, 0.15) is 28.9 Å². The summed E-state index contributed by atoms with van der Waals surface area (Å²) in [5.74, 6) is -0.0641. The van der Waals surface area contributed by atoms with Crippen molar-refractivity contribution in [1.29, 1.82) is 0 Å². The minimum absolute atomic E-state index is 0.0644. The van der Waals surface area contributed by atoms with Crippen molar-refractivity contribution in [3.63, 3.8) is 0 Å². The van der Waals surface area contributed by atoms with Gasteiger partial charge < -0.3 is 15.0 Å². The maximum atomic E-state index is 14.0. The third-order valence-corrected chi connectivity index (χ3v) is 7.19. The summed E-state index contributed by atoms with van der Waals surface area (Å²) in [7, 11) is 0. The number of hydrogen-bond donors (Lipinski definition) is 1. The first-order valence-corrected chi connectivity index (χ1v) is 12.9. The molecule has 2 amide bonds. The molecular weight excluding hydrogens is 489 g/mol. The number of carbonyl (C=O) groups excluding carboxylic acids is 2. The topological polar surface area (TPSA) is 71.5 Å². The Morgan fingerprint density at radius 2 is 1.95 bits per heavy atom. The van der Waals surface area contributed by atoms with Gasteiger partial charge in [-0.1, -0.05) is 35.9 Å². The van der Waals surface area contributed by atoms with Gasteiger partial charge in [0.25, 0.3) is 5.91 Å². The molecule has 1 atom stereocenters. The second kappa shape index (κ2) is 10.5. The first-order valence-electron chi connectivity index (χ1n) is 12.0. The molecule has 0 bridgehead atoms. The van der Waals surface area contributed by atoms with Crippen molar-refractivity contribution in [1.82, 2.24) is 9.88 Å². The minimum Gasteiger partial charge on any atom is -0.486 e. The van der Waals surface area contributed by atoms with Crippen LogP contribution in [0.25, 0.3) is 0 Å². The first kappa shape index (κ1) is 24.6. The number of anilines is 1. The van der Waals surface area contributed by atoms with Crippen LogP contribution in [0.4, 0.5) is 10.1 Å². The van der Waals surface area contributed by atoms with E-state index in [1.807, 2.05) is 55.5 Å². The van der Waals surface area contributed by atoms with E-state index in [0.29, 0.717) is 35.1 Å². The standard InChI is InChI=1S/C29H26FN3O3S/c1-18-6-9-23(10-7-18)31-29(35)26-17-37-27(32-26)16-36-24-11-8-20-12-13-33(19(2)34)28(25(20)15-24)21-4-3-5-22(30)14-21/h3-11,14-15,17,28H,12-13,16H2,1-2H3,(H,31,35). The fourth-order valence-electron chi connectivity index (χ4n) is 4.52. The highest BCUT2D eigenvalue weighted by Gasteiger charge is 2.31. The SMILES string of the molecule is CC(=O)N1CCc2ccc(OCc3nc(C(=O)Nc4ccc(C)cc4)cs3)cc2C1c1cccc(F)c1. The van der Waals surface area contributed by atoms with Gasteiger partial charge in [-0.25, -0.2) is 9.37 Å². The third-order valence-electron chi connectivity index (χ3n) is 6.37. The summed E-state index contributed by atoms with van der Waals surface area (Å²) in [6.07, 6.45) is 0.715. The molecule has 0 radical (unpaired) electrons. The average molecular weight is 516 g/mol. The van der Waals surface area contributed by atoms with Gasteiger partial charge in [-0.3, -0.25) is 9.59 Å². The van der Waals surface area contributed by atoms with E-state index in [1.54, 1.807) is 16.3 Å². The fraction of sp³-hybridized carbons (Fsp3) is 0.207. The number of halogens is 1. The molecule has 0 fully saturated rings. The lowest BCUT2D eigenvalue weighted by molar-refractivity contribution is -0.130. The first-order chi connectivity index (χ1) is 17.9. The molecule has 1 unspecified atom stereocenters. The summed E-state index contributed by atoms with van der Waals surface area (Å²) in [5.41, 5.74) is 4.90. The molecule has 4 aromatic rings. The van der Waals surface area contributed by atoms with E-state index in [9.17, 15) is 14.0 Å². The number of aryl methyl sites for hydroxylation is 1. The lowest BCUT2D eigenvalue weighted by Gasteiger charge is -2.37. The number of fused-ring (bicyclic) bond motifs is 1. The molecule has 0 saturated heterocycles. The smallest absolute Gasteiger partial charge is 0.275 e. The molecule has 8 heteroatoms. The summed E-state index contributed by atoms with van der Waals surface area (Å²) in [4.78, 5) is 31.2. The number of rotatable bonds is 6. The second-order valence-corrected chi connectivity index (χ2v) is 9.96. The highest BCUT2D eigenvalue weighted by molar-refractivity contribution is 7.09. The van der Waals surface area contributed by atoms with Gasteiger partial charge >= 0.3 is 0 Å². The van der Waals surface area contributed by atoms with Crippen LogP contribution < -0.4 is 10.1 Å². The zero-order valence-electron chi connectivity index (χ0n) is 20.5.